The number of hydrogen-bond acceptors (Lipinski definition) is 7. The highest BCUT2D eigenvalue weighted by Gasteiger charge is 2.34. The van der Waals surface area contributed by atoms with E-state index in [1.165, 1.54) is 42.3 Å². The molecule has 0 spiro atoms. The topological polar surface area (TPSA) is 139 Å². The standard InChI is InChI=1S/C29H34N4O7S/c1-4-18-30-29(35)27(5-2)31(20-22-14-16-25(40-3)17-15-22)28(34)21-32(23-10-9-11-24(19-23)33(36)37)41(38,39)26-12-7-6-8-13-26/h6-17,19,27H,4-5,18,20-21H2,1-3H3,(H,30,35). The minimum absolute atomic E-state index is 0.0229. The Bertz CT molecular complexity index is 1450. The zero-order valence-electron chi connectivity index (χ0n) is 23.2. The van der Waals surface area contributed by atoms with Crippen molar-refractivity contribution in [1.29, 1.82) is 0 Å². The van der Waals surface area contributed by atoms with E-state index in [2.05, 4.69) is 5.32 Å². The number of non-ortho nitro benzene ring substituents is 1. The summed E-state index contributed by atoms with van der Waals surface area (Å²) in [5, 5.41) is 14.3. The Morgan fingerprint density at radius 2 is 1.68 bits per heavy atom. The second-order valence-electron chi connectivity index (χ2n) is 9.19. The number of methoxy groups -OCH3 is 1. The van der Waals surface area contributed by atoms with Crippen LogP contribution in [-0.4, -0.2) is 56.3 Å². The fraction of sp³-hybridized carbons (Fsp3) is 0.310. The Kier molecular flexibility index (Phi) is 10.8. The summed E-state index contributed by atoms with van der Waals surface area (Å²) in [6.07, 6.45) is 0.976. The van der Waals surface area contributed by atoms with Gasteiger partial charge in [0, 0.05) is 25.2 Å². The van der Waals surface area contributed by atoms with Crippen LogP contribution in [0.4, 0.5) is 11.4 Å². The van der Waals surface area contributed by atoms with Crippen LogP contribution in [0.3, 0.4) is 0 Å². The van der Waals surface area contributed by atoms with Crippen molar-refractivity contribution >= 4 is 33.2 Å². The maximum atomic E-state index is 14.0. The molecule has 1 unspecified atom stereocenters. The van der Waals surface area contributed by atoms with Gasteiger partial charge in [0.2, 0.25) is 11.8 Å². The smallest absolute Gasteiger partial charge is 0.271 e. The molecule has 0 aliphatic rings. The lowest BCUT2D eigenvalue weighted by molar-refractivity contribution is -0.384. The molecule has 1 N–H and O–H groups in total. The number of ether oxygens (including phenoxy) is 1. The summed E-state index contributed by atoms with van der Waals surface area (Å²) in [7, 11) is -2.79. The van der Waals surface area contributed by atoms with Gasteiger partial charge in [-0.15, -0.1) is 0 Å². The average Bonchev–Trinajstić information content (AvgIpc) is 2.99. The SMILES string of the molecule is CCCNC(=O)C(CC)N(Cc1ccc(OC)cc1)C(=O)CN(c1cccc([N+](=O)[O-])c1)S(=O)(=O)c1ccccc1. The highest BCUT2D eigenvalue weighted by atomic mass is 32.2. The van der Waals surface area contributed by atoms with E-state index in [1.54, 1.807) is 49.4 Å². The number of rotatable bonds is 14. The molecule has 0 aromatic heterocycles. The molecule has 3 aromatic carbocycles. The van der Waals surface area contributed by atoms with Crippen LogP contribution in [0.25, 0.3) is 0 Å². The van der Waals surface area contributed by atoms with Crippen molar-refractivity contribution < 1.29 is 27.7 Å². The molecule has 0 aliphatic heterocycles. The van der Waals surface area contributed by atoms with Crippen molar-refractivity contribution in [3.8, 4) is 5.75 Å². The predicted molar refractivity (Wildman–Crippen MR) is 155 cm³/mol. The van der Waals surface area contributed by atoms with E-state index in [0.29, 0.717) is 24.3 Å². The van der Waals surface area contributed by atoms with Gasteiger partial charge in [0.15, 0.2) is 0 Å². The Hall–Kier alpha value is -4.45. The number of benzene rings is 3. The summed E-state index contributed by atoms with van der Waals surface area (Å²) < 4.78 is 33.7. The summed E-state index contributed by atoms with van der Waals surface area (Å²) >= 11 is 0. The van der Waals surface area contributed by atoms with E-state index in [0.717, 1.165) is 10.4 Å². The molecule has 0 radical (unpaired) electrons. The molecule has 0 saturated heterocycles. The third-order valence-corrected chi connectivity index (χ3v) is 8.17. The van der Waals surface area contributed by atoms with Gasteiger partial charge in [-0.2, -0.15) is 0 Å². The second-order valence-corrected chi connectivity index (χ2v) is 11.0. The van der Waals surface area contributed by atoms with E-state index in [4.69, 9.17) is 4.74 Å². The van der Waals surface area contributed by atoms with Crippen LogP contribution < -0.4 is 14.4 Å². The highest BCUT2D eigenvalue weighted by molar-refractivity contribution is 7.92. The van der Waals surface area contributed by atoms with Crippen LogP contribution in [0.15, 0.2) is 83.8 Å². The first-order chi connectivity index (χ1) is 19.6. The minimum Gasteiger partial charge on any atom is -0.497 e. The summed E-state index contributed by atoms with van der Waals surface area (Å²) in [4.78, 5) is 39.2. The average molecular weight is 583 g/mol. The predicted octanol–water partition coefficient (Wildman–Crippen LogP) is 4.13. The second kappa shape index (κ2) is 14.3. The Balaban J connectivity index is 2.07. The molecule has 0 heterocycles. The quantitative estimate of drug-likeness (QED) is 0.223. The lowest BCUT2D eigenvalue weighted by Crippen LogP contribution is -2.52. The van der Waals surface area contributed by atoms with Crippen molar-refractivity contribution in [2.75, 3.05) is 24.5 Å². The zero-order chi connectivity index (χ0) is 30.0. The van der Waals surface area contributed by atoms with E-state index < -0.39 is 33.4 Å². The van der Waals surface area contributed by atoms with Gasteiger partial charge < -0.3 is 15.0 Å². The maximum Gasteiger partial charge on any atom is 0.271 e. The normalized spacial score (nSPS) is 11.8. The first-order valence-electron chi connectivity index (χ1n) is 13.1. The van der Waals surface area contributed by atoms with Crippen molar-refractivity contribution in [3.63, 3.8) is 0 Å². The zero-order valence-corrected chi connectivity index (χ0v) is 24.0. The highest BCUT2D eigenvalue weighted by Crippen LogP contribution is 2.28. The molecular formula is C29H34N4O7S. The number of nitro groups is 1. The number of amides is 2. The van der Waals surface area contributed by atoms with Crippen LogP contribution >= 0.6 is 0 Å². The molecular weight excluding hydrogens is 548 g/mol. The van der Waals surface area contributed by atoms with Gasteiger partial charge in [0.1, 0.15) is 18.3 Å². The summed E-state index contributed by atoms with van der Waals surface area (Å²) in [6, 6.07) is 18.7. The van der Waals surface area contributed by atoms with Gasteiger partial charge in [-0.25, -0.2) is 8.42 Å². The van der Waals surface area contributed by atoms with Crippen LogP contribution in [0.1, 0.15) is 32.3 Å². The summed E-state index contributed by atoms with van der Waals surface area (Å²) in [6.45, 7) is 3.43. The summed E-state index contributed by atoms with van der Waals surface area (Å²) in [5.74, 6) is -0.389. The van der Waals surface area contributed by atoms with Crippen molar-refractivity contribution in [3.05, 3.63) is 94.5 Å². The van der Waals surface area contributed by atoms with E-state index in [-0.39, 0.29) is 35.1 Å². The fourth-order valence-corrected chi connectivity index (χ4v) is 5.65. The van der Waals surface area contributed by atoms with Crippen LogP contribution in [0.5, 0.6) is 5.75 Å². The van der Waals surface area contributed by atoms with Crippen molar-refractivity contribution in [2.24, 2.45) is 0 Å². The first kappa shape index (κ1) is 31.1. The number of nitro benzene ring substituents is 1. The molecule has 1 atom stereocenters. The number of sulfonamides is 1. The number of nitrogens with one attached hydrogen (secondary N) is 1. The monoisotopic (exact) mass is 582 g/mol. The molecule has 3 rings (SSSR count). The van der Waals surface area contributed by atoms with Gasteiger partial charge in [-0.05, 0) is 48.7 Å². The summed E-state index contributed by atoms with van der Waals surface area (Å²) in [5.41, 5.74) is 0.321. The van der Waals surface area contributed by atoms with Gasteiger partial charge in [-0.1, -0.05) is 50.2 Å². The number of hydrogen-bond donors (Lipinski definition) is 1. The molecule has 0 fully saturated rings. The lowest BCUT2D eigenvalue weighted by Gasteiger charge is -2.33. The molecule has 3 aromatic rings. The minimum atomic E-state index is -4.33. The molecule has 41 heavy (non-hydrogen) atoms. The van der Waals surface area contributed by atoms with E-state index >= 15 is 0 Å². The largest absolute Gasteiger partial charge is 0.497 e. The molecule has 2 amide bonds. The van der Waals surface area contributed by atoms with Crippen molar-refractivity contribution in [2.45, 2.75) is 44.2 Å². The van der Waals surface area contributed by atoms with Gasteiger partial charge in [0.05, 0.1) is 22.6 Å². The molecule has 0 aliphatic carbocycles. The number of carbonyl (C=O) groups excluding carboxylic acids is 2. The number of carbonyl (C=O) groups is 2. The molecule has 0 bridgehead atoms. The van der Waals surface area contributed by atoms with Gasteiger partial charge in [0.25, 0.3) is 15.7 Å². The maximum absolute atomic E-state index is 14.0. The number of nitrogens with zero attached hydrogens (tertiary/aromatic N) is 3. The van der Waals surface area contributed by atoms with E-state index in [1.807, 2.05) is 6.92 Å². The first-order valence-corrected chi connectivity index (χ1v) is 14.6. The Morgan fingerprint density at radius 1 is 1.00 bits per heavy atom. The Labute approximate surface area is 239 Å². The number of anilines is 1. The molecule has 0 saturated carbocycles. The van der Waals surface area contributed by atoms with Crippen LogP contribution in [0.2, 0.25) is 0 Å². The molecule has 218 valence electrons. The lowest BCUT2D eigenvalue weighted by atomic mass is 10.1. The van der Waals surface area contributed by atoms with Crippen LogP contribution in [0, 0.1) is 10.1 Å². The van der Waals surface area contributed by atoms with Gasteiger partial charge >= 0.3 is 0 Å². The van der Waals surface area contributed by atoms with E-state index in [9.17, 15) is 28.1 Å². The molecule has 11 nitrogen and oxygen atoms in total. The molecule has 12 heteroatoms. The third-order valence-electron chi connectivity index (χ3n) is 6.39. The van der Waals surface area contributed by atoms with Gasteiger partial charge in [-0.3, -0.25) is 24.0 Å². The van der Waals surface area contributed by atoms with Crippen molar-refractivity contribution in [1.82, 2.24) is 10.2 Å². The van der Waals surface area contributed by atoms with Crippen LogP contribution in [-0.2, 0) is 26.2 Å². The Morgan fingerprint density at radius 3 is 2.27 bits per heavy atom. The third kappa shape index (κ3) is 7.82. The fourth-order valence-electron chi connectivity index (χ4n) is 4.22.